The molecule has 1 aliphatic heterocycles. The first-order chi connectivity index (χ1) is 13.5. The Kier molecular flexibility index (Phi) is 4.23. The second-order valence-electron chi connectivity index (χ2n) is 9.43. The Hall–Kier alpha value is -1.96. The van der Waals surface area contributed by atoms with Gasteiger partial charge in [0.15, 0.2) is 0 Å². The number of amides is 1. The molecule has 4 aliphatic carbocycles. The molecule has 0 unspecified atom stereocenters. The standard InChI is InChI=1S/C20H29N5O3/c1-2-22-3-5-23(6-4-22)19(26)18-17(25(27)28)13-24(21-18)20-10-14-7-15(11-20)9-16(8-14)12-20/h13-16H,2-12H2,1H3. The van der Waals surface area contributed by atoms with Crippen molar-refractivity contribution < 1.29 is 9.72 Å². The summed E-state index contributed by atoms with van der Waals surface area (Å²) < 4.78 is 1.84. The van der Waals surface area contributed by atoms with Gasteiger partial charge in [0.2, 0.25) is 5.69 Å². The monoisotopic (exact) mass is 387 g/mol. The van der Waals surface area contributed by atoms with E-state index in [0.717, 1.165) is 56.7 Å². The summed E-state index contributed by atoms with van der Waals surface area (Å²) in [6.45, 7) is 5.90. The molecule has 2 heterocycles. The van der Waals surface area contributed by atoms with Crippen molar-refractivity contribution in [2.24, 2.45) is 17.8 Å². The second kappa shape index (κ2) is 6.54. The van der Waals surface area contributed by atoms with Crippen LogP contribution in [0.4, 0.5) is 5.69 Å². The maximum absolute atomic E-state index is 13.1. The summed E-state index contributed by atoms with van der Waals surface area (Å²) >= 11 is 0. The zero-order chi connectivity index (χ0) is 19.5. The zero-order valence-corrected chi connectivity index (χ0v) is 16.5. The Bertz CT molecular complexity index is 760. The maximum atomic E-state index is 13.1. The van der Waals surface area contributed by atoms with E-state index in [1.54, 1.807) is 11.1 Å². The number of aromatic nitrogens is 2. The van der Waals surface area contributed by atoms with Gasteiger partial charge in [0, 0.05) is 26.2 Å². The van der Waals surface area contributed by atoms with Crippen molar-refractivity contribution in [1.29, 1.82) is 0 Å². The van der Waals surface area contributed by atoms with Crippen LogP contribution in [0.2, 0.25) is 0 Å². The first-order valence-electron chi connectivity index (χ1n) is 10.7. The number of nitro groups is 1. The van der Waals surface area contributed by atoms with E-state index in [2.05, 4.69) is 16.9 Å². The Morgan fingerprint density at radius 2 is 1.71 bits per heavy atom. The highest BCUT2D eigenvalue weighted by molar-refractivity contribution is 5.96. The number of piperazine rings is 1. The number of carbonyl (C=O) groups excluding carboxylic acids is 1. The number of hydrogen-bond acceptors (Lipinski definition) is 5. The first kappa shape index (κ1) is 18.1. The molecule has 4 saturated carbocycles. The topological polar surface area (TPSA) is 84.5 Å². The van der Waals surface area contributed by atoms with E-state index in [1.807, 2.05) is 4.68 Å². The summed E-state index contributed by atoms with van der Waals surface area (Å²) in [6.07, 6.45) is 8.63. The molecule has 0 atom stereocenters. The minimum Gasteiger partial charge on any atom is -0.334 e. The summed E-state index contributed by atoms with van der Waals surface area (Å²) in [4.78, 5) is 28.4. The normalized spacial score (nSPS) is 34.8. The molecule has 1 aromatic rings. The summed E-state index contributed by atoms with van der Waals surface area (Å²) in [7, 11) is 0. The van der Waals surface area contributed by atoms with Crippen molar-refractivity contribution in [2.75, 3.05) is 32.7 Å². The van der Waals surface area contributed by atoms with E-state index in [4.69, 9.17) is 0 Å². The van der Waals surface area contributed by atoms with Gasteiger partial charge in [-0.15, -0.1) is 0 Å². The van der Waals surface area contributed by atoms with Crippen molar-refractivity contribution >= 4 is 11.6 Å². The molecular weight excluding hydrogens is 358 g/mol. The number of likely N-dealkylation sites (N-methyl/N-ethyl adjacent to an activating group) is 1. The third-order valence-electron chi connectivity index (χ3n) is 7.69. The average molecular weight is 387 g/mol. The molecule has 0 spiro atoms. The summed E-state index contributed by atoms with van der Waals surface area (Å²) in [5, 5.41) is 16.3. The first-order valence-corrected chi connectivity index (χ1v) is 10.7. The fourth-order valence-corrected chi connectivity index (χ4v) is 6.66. The Morgan fingerprint density at radius 3 is 2.21 bits per heavy atom. The van der Waals surface area contributed by atoms with Gasteiger partial charge in [-0.3, -0.25) is 19.6 Å². The summed E-state index contributed by atoms with van der Waals surface area (Å²) in [5.41, 5.74) is -0.205. The predicted molar refractivity (Wildman–Crippen MR) is 103 cm³/mol. The molecule has 8 heteroatoms. The zero-order valence-electron chi connectivity index (χ0n) is 16.5. The van der Waals surface area contributed by atoms with Crippen molar-refractivity contribution in [3.05, 3.63) is 22.0 Å². The van der Waals surface area contributed by atoms with E-state index >= 15 is 0 Å². The van der Waals surface area contributed by atoms with Crippen LogP contribution in [0.5, 0.6) is 0 Å². The van der Waals surface area contributed by atoms with E-state index in [-0.39, 0.29) is 22.8 Å². The van der Waals surface area contributed by atoms with Gasteiger partial charge in [0.05, 0.1) is 10.5 Å². The Balaban J connectivity index is 1.44. The SMILES string of the molecule is CCN1CCN(C(=O)c2nn(C34CC5CC(CC(C5)C3)C4)cc2[N+](=O)[O-])CC1. The van der Waals surface area contributed by atoms with Gasteiger partial charge in [0.1, 0.15) is 6.20 Å². The number of carbonyl (C=O) groups is 1. The molecule has 5 fully saturated rings. The molecule has 6 rings (SSSR count). The largest absolute Gasteiger partial charge is 0.334 e. The molecule has 28 heavy (non-hydrogen) atoms. The summed E-state index contributed by atoms with van der Waals surface area (Å²) in [5.74, 6) is 1.87. The fourth-order valence-electron chi connectivity index (χ4n) is 6.66. The molecule has 0 radical (unpaired) electrons. The van der Waals surface area contributed by atoms with Gasteiger partial charge in [-0.25, -0.2) is 0 Å². The van der Waals surface area contributed by atoms with E-state index in [0.29, 0.717) is 13.1 Å². The average Bonchev–Trinajstić information content (AvgIpc) is 3.13. The van der Waals surface area contributed by atoms with E-state index < -0.39 is 4.92 Å². The molecule has 1 saturated heterocycles. The number of nitrogens with zero attached hydrogens (tertiary/aromatic N) is 5. The van der Waals surface area contributed by atoms with Crippen LogP contribution in [0.15, 0.2) is 6.20 Å². The number of rotatable bonds is 4. The van der Waals surface area contributed by atoms with Crippen LogP contribution < -0.4 is 0 Å². The third-order valence-corrected chi connectivity index (χ3v) is 7.69. The van der Waals surface area contributed by atoms with Gasteiger partial charge < -0.3 is 9.80 Å². The van der Waals surface area contributed by atoms with Crippen LogP contribution in [-0.4, -0.2) is 63.1 Å². The van der Waals surface area contributed by atoms with Crippen molar-refractivity contribution in [1.82, 2.24) is 19.6 Å². The lowest BCUT2D eigenvalue weighted by atomic mass is 9.53. The van der Waals surface area contributed by atoms with Crippen LogP contribution in [0, 0.1) is 27.9 Å². The summed E-state index contributed by atoms with van der Waals surface area (Å²) in [6, 6.07) is 0. The Labute approximate surface area is 165 Å². The van der Waals surface area contributed by atoms with E-state index in [9.17, 15) is 14.9 Å². The highest BCUT2D eigenvalue weighted by Crippen LogP contribution is 2.58. The predicted octanol–water partition coefficient (Wildman–Crippen LogP) is 2.49. The van der Waals surface area contributed by atoms with Crippen molar-refractivity contribution in [2.45, 2.75) is 51.0 Å². The van der Waals surface area contributed by atoms with Crippen LogP contribution in [0.3, 0.4) is 0 Å². The minimum atomic E-state index is -0.431. The number of hydrogen-bond donors (Lipinski definition) is 0. The van der Waals surface area contributed by atoms with Crippen LogP contribution in [-0.2, 0) is 5.54 Å². The highest BCUT2D eigenvalue weighted by atomic mass is 16.6. The smallest absolute Gasteiger partial charge is 0.320 e. The van der Waals surface area contributed by atoms with Gasteiger partial charge in [-0.1, -0.05) is 6.92 Å². The lowest BCUT2D eigenvalue weighted by Gasteiger charge is -2.56. The molecular formula is C20H29N5O3. The van der Waals surface area contributed by atoms with Gasteiger partial charge in [0.25, 0.3) is 5.91 Å². The van der Waals surface area contributed by atoms with Gasteiger partial charge in [-0.05, 0) is 62.8 Å². The quantitative estimate of drug-likeness (QED) is 0.585. The second-order valence-corrected chi connectivity index (χ2v) is 9.43. The molecule has 0 N–H and O–H groups in total. The molecule has 8 nitrogen and oxygen atoms in total. The van der Waals surface area contributed by atoms with Crippen molar-refractivity contribution in [3.63, 3.8) is 0 Å². The third kappa shape index (κ3) is 2.84. The molecule has 1 aromatic heterocycles. The molecule has 0 aromatic carbocycles. The maximum Gasteiger partial charge on any atom is 0.320 e. The lowest BCUT2D eigenvalue weighted by molar-refractivity contribution is -0.385. The molecule has 5 aliphatic rings. The van der Waals surface area contributed by atoms with Gasteiger partial charge >= 0.3 is 5.69 Å². The van der Waals surface area contributed by atoms with Crippen molar-refractivity contribution in [3.8, 4) is 0 Å². The minimum absolute atomic E-state index is 0.0330. The highest BCUT2D eigenvalue weighted by Gasteiger charge is 2.53. The van der Waals surface area contributed by atoms with E-state index in [1.165, 1.54) is 19.3 Å². The van der Waals surface area contributed by atoms with Crippen LogP contribution in [0.1, 0.15) is 55.9 Å². The fraction of sp³-hybridized carbons (Fsp3) is 0.800. The van der Waals surface area contributed by atoms with Crippen LogP contribution in [0.25, 0.3) is 0 Å². The Morgan fingerprint density at radius 1 is 1.14 bits per heavy atom. The molecule has 1 amide bonds. The lowest BCUT2D eigenvalue weighted by Crippen LogP contribution is -2.52. The van der Waals surface area contributed by atoms with Crippen LogP contribution >= 0.6 is 0 Å². The van der Waals surface area contributed by atoms with Gasteiger partial charge in [-0.2, -0.15) is 5.10 Å². The molecule has 4 bridgehead atoms. The molecule has 152 valence electrons.